The van der Waals surface area contributed by atoms with Crippen molar-refractivity contribution in [1.82, 2.24) is 15.5 Å². The van der Waals surface area contributed by atoms with E-state index in [9.17, 15) is 14.0 Å². The first-order chi connectivity index (χ1) is 14.4. The summed E-state index contributed by atoms with van der Waals surface area (Å²) in [7, 11) is 0. The molecule has 0 radical (unpaired) electrons. The highest BCUT2D eigenvalue weighted by molar-refractivity contribution is 7.09. The largest absolute Gasteiger partial charge is 0.354 e. The van der Waals surface area contributed by atoms with Crippen LogP contribution in [0.4, 0.5) is 4.39 Å². The van der Waals surface area contributed by atoms with Crippen molar-refractivity contribution in [3.8, 4) is 0 Å². The van der Waals surface area contributed by atoms with Crippen molar-refractivity contribution >= 4 is 23.2 Å². The third-order valence-electron chi connectivity index (χ3n) is 5.59. The molecule has 1 saturated heterocycles. The number of rotatable bonds is 8. The molecule has 0 saturated carbocycles. The molecular formula is C23H30FN3O2S. The van der Waals surface area contributed by atoms with Crippen molar-refractivity contribution in [3.63, 3.8) is 0 Å². The first-order valence-electron chi connectivity index (χ1n) is 10.5. The van der Waals surface area contributed by atoms with Crippen molar-refractivity contribution < 1.29 is 14.0 Å². The smallest absolute Gasteiger partial charge is 0.254 e. The van der Waals surface area contributed by atoms with Crippen LogP contribution in [0.1, 0.15) is 41.9 Å². The number of benzene rings is 1. The fraction of sp³-hybridized carbons (Fsp3) is 0.478. The average Bonchev–Trinajstić information content (AvgIpc) is 3.24. The van der Waals surface area contributed by atoms with Gasteiger partial charge in [-0.15, -0.1) is 11.3 Å². The van der Waals surface area contributed by atoms with Crippen LogP contribution < -0.4 is 10.6 Å². The third kappa shape index (κ3) is 6.12. The van der Waals surface area contributed by atoms with Gasteiger partial charge in [0.05, 0.1) is 5.56 Å². The van der Waals surface area contributed by atoms with E-state index in [1.165, 1.54) is 23.1 Å². The molecule has 2 N–H and O–H groups in total. The minimum absolute atomic E-state index is 0.0472. The van der Waals surface area contributed by atoms with Gasteiger partial charge in [-0.1, -0.05) is 32.0 Å². The fourth-order valence-electron chi connectivity index (χ4n) is 3.73. The summed E-state index contributed by atoms with van der Waals surface area (Å²) in [4.78, 5) is 29.0. The topological polar surface area (TPSA) is 61.4 Å². The van der Waals surface area contributed by atoms with Gasteiger partial charge < -0.3 is 10.6 Å². The van der Waals surface area contributed by atoms with Gasteiger partial charge in [0.15, 0.2) is 0 Å². The number of piperidine rings is 1. The van der Waals surface area contributed by atoms with Gasteiger partial charge in [-0.3, -0.25) is 14.5 Å². The van der Waals surface area contributed by atoms with Gasteiger partial charge in [0.2, 0.25) is 5.91 Å². The maximum absolute atomic E-state index is 13.9. The number of nitrogens with one attached hydrogen (secondary N) is 2. The Balaban J connectivity index is 1.46. The second kappa shape index (κ2) is 10.7. The molecule has 2 aromatic rings. The number of hydrogen-bond acceptors (Lipinski definition) is 4. The summed E-state index contributed by atoms with van der Waals surface area (Å²) >= 11 is 1.78. The number of nitrogens with zero attached hydrogens (tertiary/aromatic N) is 1. The second-order valence-electron chi connectivity index (χ2n) is 8.22. The molecule has 7 heteroatoms. The molecule has 1 aliphatic heterocycles. The van der Waals surface area contributed by atoms with Crippen molar-refractivity contribution in [1.29, 1.82) is 0 Å². The lowest BCUT2D eigenvalue weighted by Gasteiger charge is -2.32. The van der Waals surface area contributed by atoms with E-state index < -0.39 is 17.8 Å². The Morgan fingerprint density at radius 3 is 2.53 bits per heavy atom. The van der Waals surface area contributed by atoms with Crippen LogP contribution in [0.3, 0.4) is 0 Å². The number of likely N-dealkylation sites (tertiary alicyclic amines) is 1. The van der Waals surface area contributed by atoms with Crippen LogP contribution >= 0.6 is 11.3 Å². The molecule has 162 valence electrons. The van der Waals surface area contributed by atoms with Crippen LogP contribution in [0.2, 0.25) is 0 Å². The van der Waals surface area contributed by atoms with Crippen LogP contribution in [-0.2, 0) is 11.3 Å². The summed E-state index contributed by atoms with van der Waals surface area (Å²) in [5, 5.41) is 7.80. The number of halogens is 1. The Hall–Kier alpha value is -2.25. The number of amides is 2. The molecule has 2 heterocycles. The molecule has 1 aliphatic rings. The molecule has 1 unspecified atom stereocenters. The van der Waals surface area contributed by atoms with Gasteiger partial charge >= 0.3 is 0 Å². The zero-order valence-corrected chi connectivity index (χ0v) is 18.4. The van der Waals surface area contributed by atoms with Gasteiger partial charge in [-0.05, 0) is 61.3 Å². The van der Waals surface area contributed by atoms with Gasteiger partial charge in [-0.25, -0.2) is 4.39 Å². The van der Waals surface area contributed by atoms with E-state index in [2.05, 4.69) is 33.0 Å². The van der Waals surface area contributed by atoms with Crippen LogP contribution in [0.15, 0.2) is 41.8 Å². The number of carbonyl (C=O) groups is 2. The average molecular weight is 432 g/mol. The monoisotopic (exact) mass is 431 g/mol. The molecule has 1 atom stereocenters. The number of carbonyl (C=O) groups excluding carboxylic acids is 2. The molecule has 5 nitrogen and oxygen atoms in total. The van der Waals surface area contributed by atoms with Gasteiger partial charge in [0, 0.05) is 18.0 Å². The Morgan fingerprint density at radius 2 is 1.90 bits per heavy atom. The molecule has 0 spiro atoms. The minimum Gasteiger partial charge on any atom is -0.354 e. The highest BCUT2D eigenvalue weighted by Gasteiger charge is 2.27. The zero-order chi connectivity index (χ0) is 21.5. The molecule has 1 aromatic carbocycles. The van der Waals surface area contributed by atoms with Crippen molar-refractivity contribution in [2.75, 3.05) is 19.6 Å². The minimum atomic E-state index is -0.698. The summed E-state index contributed by atoms with van der Waals surface area (Å²) in [6, 6.07) is 9.35. The summed E-state index contributed by atoms with van der Waals surface area (Å²) in [5.74, 6) is -1.04. The maximum Gasteiger partial charge on any atom is 0.254 e. The van der Waals surface area contributed by atoms with Crippen LogP contribution in [0.5, 0.6) is 0 Å². The summed E-state index contributed by atoms with van der Waals surface area (Å²) < 4.78 is 13.9. The van der Waals surface area contributed by atoms with E-state index in [1.807, 2.05) is 13.8 Å². The first kappa shape index (κ1) is 22.4. The predicted octanol–water partition coefficient (Wildman–Crippen LogP) is 3.67. The van der Waals surface area contributed by atoms with E-state index in [4.69, 9.17) is 0 Å². The standard InChI is InChI=1S/C23H30FN3O2S/c1-16(2)21(26-22(28)19-7-3-4-8-20(19)24)23(29)25-14-17-9-11-27(12-10-17)15-18-6-5-13-30-18/h3-8,13,16-17,21H,9-12,14-15H2,1-2H3,(H,25,29)(H,26,28). The summed E-state index contributed by atoms with van der Waals surface area (Å²) in [6.45, 7) is 7.38. The molecule has 30 heavy (non-hydrogen) atoms. The fourth-order valence-corrected chi connectivity index (χ4v) is 4.47. The second-order valence-corrected chi connectivity index (χ2v) is 9.25. The van der Waals surface area contributed by atoms with Gasteiger partial charge in [0.1, 0.15) is 11.9 Å². The van der Waals surface area contributed by atoms with Crippen LogP contribution in [0, 0.1) is 17.7 Å². The van der Waals surface area contributed by atoms with Crippen LogP contribution in [-0.4, -0.2) is 42.4 Å². The predicted molar refractivity (Wildman–Crippen MR) is 118 cm³/mol. The quantitative estimate of drug-likeness (QED) is 0.670. The first-order valence-corrected chi connectivity index (χ1v) is 11.4. The number of thiophene rings is 1. The lowest BCUT2D eigenvalue weighted by molar-refractivity contribution is -0.124. The lowest BCUT2D eigenvalue weighted by Crippen LogP contribution is -2.51. The molecule has 1 aromatic heterocycles. The van der Waals surface area contributed by atoms with Gasteiger partial charge in [0.25, 0.3) is 5.91 Å². The Morgan fingerprint density at radius 1 is 1.17 bits per heavy atom. The van der Waals surface area contributed by atoms with E-state index >= 15 is 0 Å². The molecular weight excluding hydrogens is 401 g/mol. The van der Waals surface area contributed by atoms with Crippen molar-refractivity contribution in [3.05, 3.63) is 58.0 Å². The zero-order valence-electron chi connectivity index (χ0n) is 17.6. The Labute approximate surface area is 181 Å². The molecule has 0 bridgehead atoms. The third-order valence-corrected chi connectivity index (χ3v) is 6.45. The molecule has 0 aliphatic carbocycles. The van der Waals surface area contributed by atoms with E-state index in [-0.39, 0.29) is 17.4 Å². The molecule has 3 rings (SSSR count). The maximum atomic E-state index is 13.9. The highest BCUT2D eigenvalue weighted by atomic mass is 32.1. The normalized spacial score (nSPS) is 16.4. The van der Waals surface area contributed by atoms with Crippen molar-refractivity contribution in [2.45, 2.75) is 39.3 Å². The summed E-state index contributed by atoms with van der Waals surface area (Å²) in [6.07, 6.45) is 2.08. The van der Waals surface area contributed by atoms with Crippen LogP contribution in [0.25, 0.3) is 0 Å². The molecule has 1 fully saturated rings. The van der Waals surface area contributed by atoms with E-state index in [0.29, 0.717) is 12.5 Å². The van der Waals surface area contributed by atoms with E-state index in [1.54, 1.807) is 17.4 Å². The summed E-state index contributed by atoms with van der Waals surface area (Å²) in [5.41, 5.74) is -0.0472. The molecule has 2 amide bonds. The Bertz CT molecular complexity index is 833. The van der Waals surface area contributed by atoms with E-state index in [0.717, 1.165) is 32.5 Å². The lowest BCUT2D eigenvalue weighted by atomic mass is 9.96. The van der Waals surface area contributed by atoms with Gasteiger partial charge in [-0.2, -0.15) is 0 Å². The van der Waals surface area contributed by atoms with Crippen molar-refractivity contribution in [2.24, 2.45) is 11.8 Å². The Kier molecular flexibility index (Phi) is 7.99. The highest BCUT2D eigenvalue weighted by Crippen LogP contribution is 2.20. The SMILES string of the molecule is CC(C)C(NC(=O)c1ccccc1F)C(=O)NCC1CCN(Cc2cccs2)CC1. The number of hydrogen-bond donors (Lipinski definition) is 2.